The van der Waals surface area contributed by atoms with E-state index in [1.807, 2.05) is 36.4 Å². The lowest BCUT2D eigenvalue weighted by molar-refractivity contribution is 0.424. The molecule has 40 heavy (non-hydrogen) atoms. The normalized spacial score (nSPS) is 15.3. The molecule has 0 bridgehead atoms. The van der Waals surface area contributed by atoms with E-state index in [0.717, 1.165) is 31.4 Å². The van der Waals surface area contributed by atoms with E-state index in [2.05, 4.69) is 0 Å². The van der Waals surface area contributed by atoms with Crippen LogP contribution in [0.4, 0.5) is 0 Å². The van der Waals surface area contributed by atoms with Crippen molar-refractivity contribution in [1.82, 2.24) is 14.1 Å². The number of nitriles is 1. The molecule has 1 aliphatic heterocycles. The molecule has 8 nitrogen and oxygen atoms in total. The van der Waals surface area contributed by atoms with Gasteiger partial charge in [0.1, 0.15) is 16.7 Å². The highest BCUT2D eigenvalue weighted by atomic mass is 32.2. The van der Waals surface area contributed by atoms with Gasteiger partial charge in [-0.05, 0) is 55.3 Å². The highest BCUT2D eigenvalue weighted by molar-refractivity contribution is 7.95. The number of sulfonamides is 1. The summed E-state index contributed by atoms with van der Waals surface area (Å²) in [5, 5.41) is 14.6. The largest absolute Gasteiger partial charge is 0.243 e. The van der Waals surface area contributed by atoms with Crippen molar-refractivity contribution in [1.29, 1.82) is 5.26 Å². The van der Waals surface area contributed by atoms with Crippen molar-refractivity contribution in [2.45, 2.75) is 35.5 Å². The van der Waals surface area contributed by atoms with Gasteiger partial charge in [-0.3, -0.25) is 0 Å². The minimum Gasteiger partial charge on any atom is -0.240 e. The minimum absolute atomic E-state index is 0.00495. The summed E-state index contributed by atoms with van der Waals surface area (Å²) in [4.78, 5) is -0.292. The Hall–Kier alpha value is -4.04. The van der Waals surface area contributed by atoms with E-state index in [1.54, 1.807) is 53.3 Å². The second-order valence-corrected chi connectivity index (χ2v) is 13.4. The molecule has 5 rings (SSSR count). The van der Waals surface area contributed by atoms with Crippen molar-refractivity contribution in [3.63, 3.8) is 0 Å². The van der Waals surface area contributed by atoms with Gasteiger partial charge in [-0.25, -0.2) is 21.5 Å². The smallest absolute Gasteiger partial charge is 0.240 e. The molecule has 1 aliphatic rings. The van der Waals surface area contributed by atoms with Crippen LogP contribution in [0, 0.1) is 11.3 Å². The molecule has 0 amide bonds. The van der Waals surface area contributed by atoms with Gasteiger partial charge in [0.2, 0.25) is 19.9 Å². The standard InChI is InChI=1S/C30H28N4O4S2/c31-22-29(39(35,36)27-15-7-4-8-16-27)21-25-23-34(26-13-5-3-6-14-26)32-30(25)24-12-11-17-28(20-24)40(37,38)33-18-9-1-2-10-19-33/h3-8,11-17,20-21,23H,1-2,9-10,18-19H2/b29-21-. The zero-order valence-electron chi connectivity index (χ0n) is 21.7. The lowest BCUT2D eigenvalue weighted by atomic mass is 10.1. The first kappa shape index (κ1) is 27.5. The topological polar surface area (TPSA) is 113 Å². The lowest BCUT2D eigenvalue weighted by Crippen LogP contribution is -2.31. The fourth-order valence-electron chi connectivity index (χ4n) is 4.70. The van der Waals surface area contributed by atoms with Gasteiger partial charge in [0.25, 0.3) is 0 Å². The maximum absolute atomic E-state index is 13.5. The summed E-state index contributed by atoms with van der Waals surface area (Å²) in [6, 6.07) is 25.4. The van der Waals surface area contributed by atoms with Gasteiger partial charge in [0, 0.05) is 30.4 Å². The third-order valence-corrected chi connectivity index (χ3v) is 10.4. The fraction of sp³-hybridized carbons (Fsp3) is 0.200. The number of hydrogen-bond donors (Lipinski definition) is 0. The SMILES string of the molecule is N#C/C(=C/c1cn(-c2ccccc2)nc1-c1cccc(S(=O)(=O)N2CCCCCC2)c1)S(=O)(=O)c1ccccc1. The molecule has 0 N–H and O–H groups in total. The van der Waals surface area contributed by atoms with Crippen LogP contribution in [0.1, 0.15) is 31.2 Å². The highest BCUT2D eigenvalue weighted by Gasteiger charge is 2.26. The van der Waals surface area contributed by atoms with Crippen LogP contribution in [-0.4, -0.2) is 44.0 Å². The van der Waals surface area contributed by atoms with Crippen LogP contribution in [-0.2, 0) is 19.9 Å². The average Bonchev–Trinajstić information content (AvgIpc) is 3.20. The van der Waals surface area contributed by atoms with Crippen molar-refractivity contribution >= 4 is 25.9 Å². The zero-order valence-corrected chi connectivity index (χ0v) is 23.4. The summed E-state index contributed by atoms with van der Waals surface area (Å²) in [6.45, 7) is 0.956. The molecule has 0 spiro atoms. The van der Waals surface area contributed by atoms with Crippen LogP contribution in [0.5, 0.6) is 0 Å². The molecule has 0 radical (unpaired) electrons. The van der Waals surface area contributed by atoms with Gasteiger partial charge in [0.15, 0.2) is 0 Å². The third-order valence-electron chi connectivity index (χ3n) is 6.81. The third kappa shape index (κ3) is 5.63. The number of nitrogens with zero attached hydrogens (tertiary/aromatic N) is 4. The minimum atomic E-state index is -4.09. The van der Waals surface area contributed by atoms with Crippen molar-refractivity contribution in [3.05, 3.63) is 102 Å². The molecule has 0 unspecified atom stereocenters. The Labute approximate surface area is 234 Å². The number of rotatable bonds is 7. The Morgan fingerprint density at radius 2 is 1.43 bits per heavy atom. The first-order chi connectivity index (χ1) is 19.3. The molecule has 1 fully saturated rings. The summed E-state index contributed by atoms with van der Waals surface area (Å²) in [5.41, 5.74) is 1.93. The highest BCUT2D eigenvalue weighted by Crippen LogP contribution is 2.31. The molecule has 4 aromatic rings. The van der Waals surface area contributed by atoms with Crippen LogP contribution < -0.4 is 0 Å². The Morgan fingerprint density at radius 3 is 2.08 bits per heavy atom. The molecule has 0 aliphatic carbocycles. The first-order valence-electron chi connectivity index (χ1n) is 13.0. The molecule has 10 heteroatoms. The van der Waals surface area contributed by atoms with Gasteiger partial charge < -0.3 is 0 Å². The Bertz CT molecular complexity index is 1780. The first-order valence-corrected chi connectivity index (χ1v) is 15.9. The van der Waals surface area contributed by atoms with Gasteiger partial charge in [-0.2, -0.15) is 14.7 Å². The second-order valence-electron chi connectivity index (χ2n) is 9.50. The van der Waals surface area contributed by atoms with Crippen molar-refractivity contribution < 1.29 is 16.8 Å². The summed E-state index contributed by atoms with van der Waals surface area (Å²) in [6.07, 6.45) is 6.58. The lowest BCUT2D eigenvalue weighted by Gasteiger charge is -2.20. The molecule has 1 saturated heterocycles. The molecule has 1 aromatic heterocycles. The van der Waals surface area contributed by atoms with Gasteiger partial charge in [0.05, 0.1) is 15.5 Å². The van der Waals surface area contributed by atoms with Crippen LogP contribution >= 0.6 is 0 Å². The van der Waals surface area contributed by atoms with Crippen molar-refractivity contribution in [2.75, 3.05) is 13.1 Å². The van der Waals surface area contributed by atoms with E-state index in [1.165, 1.54) is 22.5 Å². The fourth-order valence-corrected chi connectivity index (χ4v) is 7.44. The summed E-state index contributed by atoms with van der Waals surface area (Å²) in [5.74, 6) is 0. The number of sulfone groups is 1. The van der Waals surface area contributed by atoms with E-state index in [9.17, 15) is 22.1 Å². The second kappa shape index (κ2) is 11.6. The number of benzene rings is 3. The van der Waals surface area contributed by atoms with Crippen LogP contribution in [0.3, 0.4) is 0 Å². The maximum atomic E-state index is 13.5. The Morgan fingerprint density at radius 1 is 0.800 bits per heavy atom. The van der Waals surface area contributed by atoms with Crippen molar-refractivity contribution in [2.24, 2.45) is 0 Å². The molecule has 3 aromatic carbocycles. The number of aromatic nitrogens is 2. The predicted octanol–water partition coefficient (Wildman–Crippen LogP) is 5.44. The van der Waals surface area contributed by atoms with E-state index < -0.39 is 24.8 Å². The maximum Gasteiger partial charge on any atom is 0.243 e. The van der Waals surface area contributed by atoms with E-state index in [4.69, 9.17) is 5.10 Å². The summed E-state index contributed by atoms with van der Waals surface area (Å²) >= 11 is 0. The van der Waals surface area contributed by atoms with Gasteiger partial charge in [-0.15, -0.1) is 0 Å². The van der Waals surface area contributed by atoms with Crippen LogP contribution in [0.15, 0.2) is 106 Å². The quantitative estimate of drug-likeness (QED) is 0.273. The Kier molecular flexibility index (Phi) is 7.98. The number of hydrogen-bond acceptors (Lipinski definition) is 6. The number of allylic oxidation sites excluding steroid dienone is 1. The van der Waals surface area contributed by atoms with Crippen molar-refractivity contribution in [3.8, 4) is 23.0 Å². The number of para-hydroxylation sites is 1. The van der Waals surface area contributed by atoms with Gasteiger partial charge in [-0.1, -0.05) is 61.4 Å². The van der Waals surface area contributed by atoms with Crippen LogP contribution in [0.25, 0.3) is 23.0 Å². The van der Waals surface area contributed by atoms with E-state index in [0.29, 0.717) is 29.9 Å². The van der Waals surface area contributed by atoms with E-state index >= 15 is 0 Å². The summed E-state index contributed by atoms with van der Waals surface area (Å²) in [7, 11) is -7.82. The molecule has 0 saturated carbocycles. The predicted molar refractivity (Wildman–Crippen MR) is 153 cm³/mol. The molecular weight excluding hydrogens is 544 g/mol. The molecule has 2 heterocycles. The zero-order chi connectivity index (χ0) is 28.2. The molecule has 0 atom stereocenters. The average molecular weight is 573 g/mol. The monoisotopic (exact) mass is 572 g/mol. The molecule has 204 valence electrons. The molecular formula is C30H28N4O4S2. The summed E-state index contributed by atoms with van der Waals surface area (Å²) < 4.78 is 56.7. The van der Waals surface area contributed by atoms with Crippen LogP contribution in [0.2, 0.25) is 0 Å². The Balaban J connectivity index is 1.63. The van der Waals surface area contributed by atoms with E-state index in [-0.39, 0.29) is 9.79 Å². The van der Waals surface area contributed by atoms with Gasteiger partial charge >= 0.3 is 0 Å².